The zero-order valence-corrected chi connectivity index (χ0v) is 9.80. The van der Waals surface area contributed by atoms with E-state index in [1.54, 1.807) is 7.05 Å². The van der Waals surface area contributed by atoms with Gasteiger partial charge in [-0.15, -0.1) is 0 Å². The van der Waals surface area contributed by atoms with Gasteiger partial charge in [0.25, 0.3) is 0 Å². The Balaban J connectivity index is 2.48. The summed E-state index contributed by atoms with van der Waals surface area (Å²) in [4.78, 5) is 0. The lowest BCUT2D eigenvalue weighted by Gasteiger charge is -2.07. The molecule has 2 aromatic rings. The van der Waals surface area contributed by atoms with E-state index < -0.39 is 11.6 Å². The predicted molar refractivity (Wildman–Crippen MR) is 61.3 cm³/mol. The number of halogens is 3. The summed E-state index contributed by atoms with van der Waals surface area (Å²) in [6.07, 6.45) is 2.67. The first kappa shape index (κ1) is 12.0. The van der Waals surface area contributed by atoms with Crippen molar-refractivity contribution in [3.63, 3.8) is 0 Å². The Bertz CT molecular complexity index is 516. The van der Waals surface area contributed by atoms with Crippen molar-refractivity contribution in [2.45, 2.75) is 6.54 Å². The summed E-state index contributed by atoms with van der Waals surface area (Å²) < 4.78 is 28.6. The van der Waals surface area contributed by atoms with Crippen LogP contribution in [0.25, 0.3) is 5.69 Å². The molecule has 1 N–H and O–H groups in total. The molecule has 6 heteroatoms. The Kier molecular flexibility index (Phi) is 3.40. The average Bonchev–Trinajstić information content (AvgIpc) is 2.64. The second-order valence-electron chi connectivity index (χ2n) is 3.54. The van der Waals surface area contributed by atoms with E-state index in [-0.39, 0.29) is 5.69 Å². The molecule has 90 valence electrons. The zero-order valence-electron chi connectivity index (χ0n) is 9.04. The molecule has 0 fully saturated rings. The standard InChI is InChI=1S/C11H10ClF2N3/c1-15-4-7-2-9(13)11(10(14)3-7)17-6-8(12)5-16-17/h2-3,5-6,15H,4H2,1H3. The van der Waals surface area contributed by atoms with Gasteiger partial charge in [0.05, 0.1) is 11.2 Å². The molecule has 0 amide bonds. The molecule has 0 saturated carbocycles. The van der Waals surface area contributed by atoms with E-state index in [9.17, 15) is 8.78 Å². The second kappa shape index (κ2) is 4.81. The van der Waals surface area contributed by atoms with E-state index in [0.29, 0.717) is 17.1 Å². The normalized spacial score (nSPS) is 10.8. The average molecular weight is 258 g/mol. The third-order valence-corrected chi connectivity index (χ3v) is 2.43. The van der Waals surface area contributed by atoms with Crippen LogP contribution < -0.4 is 5.32 Å². The van der Waals surface area contributed by atoms with Crippen molar-refractivity contribution in [3.05, 3.63) is 46.7 Å². The Labute approximate surface area is 102 Å². The van der Waals surface area contributed by atoms with Gasteiger partial charge in [-0.2, -0.15) is 5.10 Å². The number of aromatic nitrogens is 2. The molecule has 0 aliphatic heterocycles. The summed E-state index contributed by atoms with van der Waals surface area (Å²) >= 11 is 5.66. The van der Waals surface area contributed by atoms with Crippen molar-refractivity contribution >= 4 is 11.6 Å². The van der Waals surface area contributed by atoms with E-state index >= 15 is 0 Å². The highest BCUT2D eigenvalue weighted by Crippen LogP contribution is 2.20. The van der Waals surface area contributed by atoms with Crippen LogP contribution in [0.3, 0.4) is 0 Å². The number of nitrogens with zero attached hydrogens (tertiary/aromatic N) is 2. The van der Waals surface area contributed by atoms with Gasteiger partial charge in [-0.3, -0.25) is 0 Å². The Morgan fingerprint density at radius 1 is 1.35 bits per heavy atom. The summed E-state index contributed by atoms with van der Waals surface area (Å²) in [5.74, 6) is -1.34. The quantitative estimate of drug-likeness (QED) is 0.916. The number of rotatable bonds is 3. The summed E-state index contributed by atoms with van der Waals surface area (Å²) in [5.41, 5.74) is 0.307. The molecular formula is C11H10ClF2N3. The number of nitrogens with one attached hydrogen (secondary N) is 1. The highest BCUT2D eigenvalue weighted by molar-refractivity contribution is 6.30. The van der Waals surface area contributed by atoms with Crippen molar-refractivity contribution in [1.29, 1.82) is 0 Å². The molecular weight excluding hydrogens is 248 g/mol. The van der Waals surface area contributed by atoms with Gasteiger partial charge in [-0.1, -0.05) is 11.6 Å². The summed E-state index contributed by atoms with van der Waals surface area (Å²) in [6.45, 7) is 0.397. The van der Waals surface area contributed by atoms with Gasteiger partial charge in [0.2, 0.25) is 0 Å². The Hall–Kier alpha value is -1.46. The molecule has 0 radical (unpaired) electrons. The molecule has 3 nitrogen and oxygen atoms in total. The third kappa shape index (κ3) is 2.45. The predicted octanol–water partition coefficient (Wildman–Crippen LogP) is 2.52. The van der Waals surface area contributed by atoms with Crippen molar-refractivity contribution in [1.82, 2.24) is 15.1 Å². The van der Waals surface area contributed by atoms with Crippen LogP contribution >= 0.6 is 11.6 Å². The van der Waals surface area contributed by atoms with Crippen LogP contribution in [0.2, 0.25) is 5.02 Å². The highest BCUT2D eigenvalue weighted by Gasteiger charge is 2.13. The summed E-state index contributed by atoms with van der Waals surface area (Å²) in [6, 6.07) is 2.54. The minimum absolute atomic E-state index is 0.225. The van der Waals surface area contributed by atoms with Crippen molar-refractivity contribution in [3.8, 4) is 5.69 Å². The van der Waals surface area contributed by atoms with Gasteiger partial charge in [0.15, 0.2) is 11.6 Å². The molecule has 0 aliphatic rings. The fourth-order valence-electron chi connectivity index (χ4n) is 1.57. The smallest absolute Gasteiger partial charge is 0.152 e. The first-order valence-corrected chi connectivity index (χ1v) is 5.32. The highest BCUT2D eigenvalue weighted by atomic mass is 35.5. The van der Waals surface area contributed by atoms with E-state index in [0.717, 1.165) is 4.68 Å². The lowest BCUT2D eigenvalue weighted by atomic mass is 10.2. The molecule has 2 rings (SSSR count). The van der Waals surface area contributed by atoms with Crippen molar-refractivity contribution in [2.24, 2.45) is 0 Å². The van der Waals surface area contributed by atoms with Gasteiger partial charge >= 0.3 is 0 Å². The molecule has 0 spiro atoms. The molecule has 0 unspecified atom stereocenters. The van der Waals surface area contributed by atoms with Crippen LogP contribution in [0.15, 0.2) is 24.5 Å². The van der Waals surface area contributed by atoms with E-state index in [4.69, 9.17) is 11.6 Å². The third-order valence-electron chi connectivity index (χ3n) is 2.24. The Morgan fingerprint density at radius 3 is 2.47 bits per heavy atom. The fourth-order valence-corrected chi connectivity index (χ4v) is 1.70. The van der Waals surface area contributed by atoms with Crippen LogP contribution in [-0.2, 0) is 6.54 Å². The minimum atomic E-state index is -0.671. The maximum absolute atomic E-state index is 13.8. The zero-order chi connectivity index (χ0) is 12.4. The topological polar surface area (TPSA) is 29.9 Å². The largest absolute Gasteiger partial charge is 0.316 e. The lowest BCUT2D eigenvalue weighted by molar-refractivity contribution is 0.555. The number of hydrogen-bond acceptors (Lipinski definition) is 2. The first-order valence-electron chi connectivity index (χ1n) is 4.95. The first-order chi connectivity index (χ1) is 8.11. The van der Waals surface area contributed by atoms with Crippen LogP contribution in [0.1, 0.15) is 5.56 Å². The van der Waals surface area contributed by atoms with Crippen LogP contribution in [0, 0.1) is 11.6 Å². The van der Waals surface area contributed by atoms with Gasteiger partial charge in [-0.05, 0) is 24.7 Å². The lowest BCUT2D eigenvalue weighted by Crippen LogP contribution is -2.08. The molecule has 0 saturated heterocycles. The second-order valence-corrected chi connectivity index (χ2v) is 3.98. The molecule has 1 heterocycles. The van der Waals surface area contributed by atoms with Crippen LogP contribution in [0.5, 0.6) is 0 Å². The van der Waals surface area contributed by atoms with Gasteiger partial charge < -0.3 is 5.32 Å². The Morgan fingerprint density at radius 2 is 2.00 bits per heavy atom. The fraction of sp³-hybridized carbons (Fsp3) is 0.182. The van der Waals surface area contributed by atoms with Crippen molar-refractivity contribution < 1.29 is 8.78 Å². The summed E-state index contributed by atoms with van der Waals surface area (Å²) in [7, 11) is 1.71. The molecule has 1 aromatic heterocycles. The summed E-state index contributed by atoms with van der Waals surface area (Å²) in [5, 5.41) is 6.92. The van der Waals surface area contributed by atoms with Gasteiger partial charge in [0, 0.05) is 12.7 Å². The van der Waals surface area contributed by atoms with Crippen molar-refractivity contribution in [2.75, 3.05) is 7.05 Å². The molecule has 0 aliphatic carbocycles. The maximum Gasteiger partial charge on any atom is 0.152 e. The monoisotopic (exact) mass is 257 g/mol. The molecule has 17 heavy (non-hydrogen) atoms. The number of hydrogen-bond donors (Lipinski definition) is 1. The van der Waals surface area contributed by atoms with E-state index in [1.165, 1.54) is 24.5 Å². The van der Waals surface area contributed by atoms with Gasteiger partial charge in [-0.25, -0.2) is 13.5 Å². The molecule has 1 aromatic carbocycles. The molecule has 0 bridgehead atoms. The number of benzene rings is 1. The van der Waals surface area contributed by atoms with Gasteiger partial charge in [0.1, 0.15) is 5.69 Å². The molecule has 0 atom stereocenters. The van der Waals surface area contributed by atoms with Crippen LogP contribution in [0.4, 0.5) is 8.78 Å². The maximum atomic E-state index is 13.8. The minimum Gasteiger partial charge on any atom is -0.316 e. The van der Waals surface area contributed by atoms with E-state index in [2.05, 4.69) is 10.4 Å². The van der Waals surface area contributed by atoms with Crippen LogP contribution in [-0.4, -0.2) is 16.8 Å². The van der Waals surface area contributed by atoms with E-state index in [1.807, 2.05) is 0 Å². The SMILES string of the molecule is CNCc1cc(F)c(-n2cc(Cl)cn2)c(F)c1.